The SMILES string of the molecule is CSC1=C(Nc2ccc(Cl)cc2C)C(=O)c2nccnc2C1=O. The van der Waals surface area contributed by atoms with Crippen LogP contribution in [0.15, 0.2) is 41.2 Å². The molecule has 0 saturated heterocycles. The van der Waals surface area contributed by atoms with Crippen molar-refractivity contribution >= 4 is 40.6 Å². The highest BCUT2D eigenvalue weighted by Crippen LogP contribution is 2.31. The van der Waals surface area contributed by atoms with Crippen LogP contribution in [0.2, 0.25) is 5.02 Å². The molecule has 2 aromatic rings. The zero-order valence-electron chi connectivity index (χ0n) is 12.4. The number of carbonyl (C=O) groups excluding carboxylic acids is 2. The van der Waals surface area contributed by atoms with Crippen LogP contribution in [0.4, 0.5) is 5.69 Å². The van der Waals surface area contributed by atoms with E-state index in [2.05, 4.69) is 15.3 Å². The van der Waals surface area contributed by atoms with E-state index < -0.39 is 0 Å². The Balaban J connectivity index is 2.09. The number of ketones is 2. The molecule has 0 aliphatic heterocycles. The van der Waals surface area contributed by atoms with Crippen molar-refractivity contribution in [1.29, 1.82) is 0 Å². The number of hydrogen-bond acceptors (Lipinski definition) is 6. The van der Waals surface area contributed by atoms with Gasteiger partial charge in [0.05, 0.1) is 4.91 Å². The molecule has 0 unspecified atom stereocenters. The van der Waals surface area contributed by atoms with Crippen molar-refractivity contribution in [2.75, 3.05) is 11.6 Å². The van der Waals surface area contributed by atoms with Gasteiger partial charge < -0.3 is 5.32 Å². The number of benzene rings is 1. The summed E-state index contributed by atoms with van der Waals surface area (Å²) in [4.78, 5) is 33.6. The average Bonchev–Trinajstić information content (AvgIpc) is 2.55. The molecule has 0 spiro atoms. The normalized spacial score (nSPS) is 14.0. The molecule has 0 atom stereocenters. The standard InChI is InChI=1S/C16H12ClN3O2S/c1-8-7-9(17)3-4-10(8)20-13-14(21)11-12(19-6-5-18-11)15(22)16(13)23-2/h3-7,20H,1-2H3. The second-order valence-corrected chi connectivity index (χ2v) is 6.16. The minimum atomic E-state index is -0.341. The van der Waals surface area contributed by atoms with Crippen LogP contribution in [-0.4, -0.2) is 27.8 Å². The van der Waals surface area contributed by atoms with E-state index in [1.807, 2.05) is 6.92 Å². The predicted molar refractivity (Wildman–Crippen MR) is 91.0 cm³/mol. The summed E-state index contributed by atoms with van der Waals surface area (Å²) in [6.45, 7) is 1.87. The second-order valence-electron chi connectivity index (χ2n) is 4.90. The van der Waals surface area contributed by atoms with Gasteiger partial charge in [-0.05, 0) is 36.9 Å². The summed E-state index contributed by atoms with van der Waals surface area (Å²) in [7, 11) is 0. The third-order valence-corrected chi connectivity index (χ3v) is 4.47. The Morgan fingerprint density at radius 2 is 1.74 bits per heavy atom. The van der Waals surface area contributed by atoms with Crippen LogP contribution in [0.5, 0.6) is 0 Å². The monoisotopic (exact) mass is 345 g/mol. The predicted octanol–water partition coefficient (Wildman–Crippen LogP) is 3.50. The summed E-state index contributed by atoms with van der Waals surface area (Å²) in [5, 5.41) is 3.67. The fourth-order valence-electron chi connectivity index (χ4n) is 2.32. The Hall–Kier alpha value is -2.18. The largest absolute Gasteiger partial charge is 0.351 e. The van der Waals surface area contributed by atoms with Crippen molar-refractivity contribution in [3.63, 3.8) is 0 Å². The molecule has 0 fully saturated rings. The van der Waals surface area contributed by atoms with Gasteiger partial charge in [-0.3, -0.25) is 9.59 Å². The summed E-state index contributed by atoms with van der Waals surface area (Å²) in [5.74, 6) is -0.638. The van der Waals surface area contributed by atoms with E-state index in [0.29, 0.717) is 15.6 Å². The Bertz CT molecular complexity index is 864. The molecule has 1 aliphatic rings. The molecule has 7 heteroatoms. The van der Waals surface area contributed by atoms with Crippen LogP contribution >= 0.6 is 23.4 Å². The molecule has 23 heavy (non-hydrogen) atoms. The van der Waals surface area contributed by atoms with E-state index in [9.17, 15) is 9.59 Å². The highest BCUT2D eigenvalue weighted by Gasteiger charge is 2.34. The molecule has 1 aromatic heterocycles. The van der Waals surface area contributed by atoms with Gasteiger partial charge in [-0.2, -0.15) is 0 Å². The van der Waals surface area contributed by atoms with E-state index in [4.69, 9.17) is 11.6 Å². The number of carbonyl (C=O) groups is 2. The van der Waals surface area contributed by atoms with Crippen LogP contribution < -0.4 is 5.32 Å². The van der Waals surface area contributed by atoms with E-state index in [0.717, 1.165) is 5.56 Å². The topological polar surface area (TPSA) is 72.0 Å². The van der Waals surface area contributed by atoms with Gasteiger partial charge in [0.25, 0.3) is 0 Å². The third-order valence-electron chi connectivity index (χ3n) is 3.44. The zero-order valence-corrected chi connectivity index (χ0v) is 14.0. The first-order chi connectivity index (χ1) is 11.0. The smallest absolute Gasteiger partial charge is 0.231 e. The van der Waals surface area contributed by atoms with E-state index >= 15 is 0 Å². The molecule has 0 radical (unpaired) electrons. The molecule has 1 aliphatic carbocycles. The fourth-order valence-corrected chi connectivity index (χ4v) is 3.18. The maximum atomic E-state index is 12.7. The highest BCUT2D eigenvalue weighted by atomic mass is 35.5. The molecule has 1 aromatic carbocycles. The molecule has 0 amide bonds. The van der Waals surface area contributed by atoms with Gasteiger partial charge in [-0.25, -0.2) is 9.97 Å². The Morgan fingerprint density at radius 1 is 1.09 bits per heavy atom. The lowest BCUT2D eigenvalue weighted by Gasteiger charge is -2.20. The highest BCUT2D eigenvalue weighted by molar-refractivity contribution is 8.03. The van der Waals surface area contributed by atoms with E-state index in [-0.39, 0.29) is 28.7 Å². The summed E-state index contributed by atoms with van der Waals surface area (Å²) >= 11 is 7.16. The number of nitrogens with zero attached hydrogens (tertiary/aromatic N) is 2. The van der Waals surface area contributed by atoms with Gasteiger partial charge in [0.1, 0.15) is 17.1 Å². The maximum absolute atomic E-state index is 12.7. The molecule has 1 N–H and O–H groups in total. The number of Topliss-reactive ketones (excluding diaryl/α,β-unsaturated/α-hetero) is 2. The molecule has 0 saturated carbocycles. The van der Waals surface area contributed by atoms with Gasteiger partial charge >= 0.3 is 0 Å². The number of aromatic nitrogens is 2. The third kappa shape index (κ3) is 2.75. The quantitative estimate of drug-likeness (QED) is 0.917. The lowest BCUT2D eigenvalue weighted by atomic mass is 10.0. The summed E-state index contributed by atoms with van der Waals surface area (Å²) in [6, 6.07) is 5.28. The lowest BCUT2D eigenvalue weighted by molar-refractivity contribution is 0.0975. The Morgan fingerprint density at radius 3 is 2.35 bits per heavy atom. The van der Waals surface area contributed by atoms with Gasteiger partial charge in [0.2, 0.25) is 11.6 Å². The van der Waals surface area contributed by atoms with Gasteiger partial charge in [-0.15, -0.1) is 11.8 Å². The van der Waals surface area contributed by atoms with Crippen LogP contribution in [0.3, 0.4) is 0 Å². The molecule has 5 nitrogen and oxygen atoms in total. The number of halogens is 1. The van der Waals surface area contributed by atoms with Crippen molar-refractivity contribution in [2.45, 2.75) is 6.92 Å². The van der Waals surface area contributed by atoms with Crippen molar-refractivity contribution in [1.82, 2.24) is 9.97 Å². The molecule has 0 bridgehead atoms. The van der Waals surface area contributed by atoms with Gasteiger partial charge in [0, 0.05) is 23.1 Å². The lowest BCUT2D eigenvalue weighted by Crippen LogP contribution is -2.27. The minimum Gasteiger partial charge on any atom is -0.351 e. The first kappa shape index (κ1) is 15.7. The number of anilines is 1. The molecule has 116 valence electrons. The minimum absolute atomic E-state index is 0.0735. The molecular formula is C16H12ClN3O2S. The number of nitrogens with one attached hydrogen (secondary N) is 1. The van der Waals surface area contributed by atoms with Crippen molar-refractivity contribution < 1.29 is 9.59 Å². The number of allylic oxidation sites excluding steroid dienone is 2. The van der Waals surface area contributed by atoms with Crippen LogP contribution in [-0.2, 0) is 0 Å². The van der Waals surface area contributed by atoms with E-state index in [1.165, 1.54) is 24.2 Å². The van der Waals surface area contributed by atoms with Gasteiger partial charge in [-0.1, -0.05) is 11.6 Å². The van der Waals surface area contributed by atoms with Crippen molar-refractivity contribution in [3.05, 3.63) is 63.2 Å². The number of hydrogen-bond donors (Lipinski definition) is 1. The summed E-state index contributed by atoms with van der Waals surface area (Å²) < 4.78 is 0. The van der Waals surface area contributed by atoms with Crippen LogP contribution in [0.25, 0.3) is 0 Å². The number of fused-ring (bicyclic) bond motifs is 1. The van der Waals surface area contributed by atoms with E-state index in [1.54, 1.807) is 24.5 Å². The first-order valence-corrected chi connectivity index (χ1v) is 8.35. The van der Waals surface area contributed by atoms with Gasteiger partial charge in [0.15, 0.2) is 0 Å². The van der Waals surface area contributed by atoms with Crippen molar-refractivity contribution in [3.8, 4) is 0 Å². The molecule has 1 heterocycles. The molecular weight excluding hydrogens is 334 g/mol. The summed E-state index contributed by atoms with van der Waals surface area (Å²) in [5.41, 5.74) is 1.98. The van der Waals surface area contributed by atoms with Crippen LogP contribution in [0.1, 0.15) is 26.5 Å². The molecule has 3 rings (SSSR count). The Kier molecular flexibility index (Phi) is 4.19. The van der Waals surface area contributed by atoms with Crippen molar-refractivity contribution in [2.24, 2.45) is 0 Å². The summed E-state index contributed by atoms with van der Waals surface area (Å²) in [6.07, 6.45) is 4.56. The second kappa shape index (κ2) is 6.14. The number of aryl methyl sites for hydroxylation is 1. The Labute approximate surface area is 142 Å². The zero-order chi connectivity index (χ0) is 16.6. The number of thioether (sulfide) groups is 1. The average molecular weight is 346 g/mol. The number of rotatable bonds is 3. The first-order valence-electron chi connectivity index (χ1n) is 6.74. The fraction of sp³-hybridized carbons (Fsp3) is 0.125. The maximum Gasteiger partial charge on any atom is 0.231 e. The van der Waals surface area contributed by atoms with Crippen LogP contribution in [0, 0.1) is 6.92 Å².